The van der Waals surface area contributed by atoms with Gasteiger partial charge in [-0.25, -0.2) is 8.42 Å². The highest BCUT2D eigenvalue weighted by atomic mass is 35.5. The number of nitrogens with one attached hydrogen (secondary N) is 1. The number of halogens is 1. The fraction of sp³-hybridized carbons (Fsp3) is 0.333. The minimum Gasteiger partial charge on any atom is -0.481 e. The van der Waals surface area contributed by atoms with E-state index in [2.05, 4.69) is 5.32 Å². The molecule has 1 N–H and O–H groups in total. The third-order valence-corrected chi connectivity index (χ3v) is 7.00. The number of sulfonamides is 1. The van der Waals surface area contributed by atoms with Gasteiger partial charge in [-0.3, -0.25) is 9.59 Å². The lowest BCUT2D eigenvalue weighted by Crippen LogP contribution is -2.31. The van der Waals surface area contributed by atoms with Crippen LogP contribution in [0.1, 0.15) is 38.1 Å². The topological polar surface area (TPSA) is 92.8 Å². The molecule has 30 heavy (non-hydrogen) atoms. The smallest absolute Gasteiger partial charge is 0.265 e. The summed E-state index contributed by atoms with van der Waals surface area (Å²) in [6.07, 6.45) is -0.855. The molecule has 2 aromatic rings. The lowest BCUT2D eigenvalue weighted by molar-refractivity contribution is -0.122. The number of benzene rings is 2. The van der Waals surface area contributed by atoms with E-state index in [4.69, 9.17) is 16.3 Å². The van der Waals surface area contributed by atoms with Gasteiger partial charge in [0.25, 0.3) is 5.91 Å². The molecule has 0 saturated carbocycles. The van der Waals surface area contributed by atoms with Gasteiger partial charge in [-0.05, 0) is 56.3 Å². The zero-order chi connectivity index (χ0) is 22.5. The third-order valence-electron chi connectivity index (χ3n) is 4.46. The van der Waals surface area contributed by atoms with Gasteiger partial charge >= 0.3 is 0 Å². The van der Waals surface area contributed by atoms with Crippen LogP contribution in [-0.4, -0.2) is 43.6 Å². The van der Waals surface area contributed by atoms with E-state index in [1.165, 1.54) is 29.4 Å². The van der Waals surface area contributed by atoms with Gasteiger partial charge in [-0.1, -0.05) is 25.4 Å². The van der Waals surface area contributed by atoms with Crippen molar-refractivity contribution >= 4 is 39.0 Å². The van der Waals surface area contributed by atoms with E-state index >= 15 is 0 Å². The summed E-state index contributed by atoms with van der Waals surface area (Å²) in [5, 5.41) is 2.73. The van der Waals surface area contributed by atoms with Crippen molar-refractivity contribution in [3.8, 4) is 5.75 Å². The number of anilines is 1. The van der Waals surface area contributed by atoms with Gasteiger partial charge < -0.3 is 10.1 Å². The molecule has 9 heteroatoms. The number of ether oxygens (including phenoxy) is 1. The summed E-state index contributed by atoms with van der Waals surface area (Å²) in [6.45, 7) is 7.12. The minimum atomic E-state index is -3.78. The molecule has 0 aliphatic rings. The molecule has 1 atom stereocenters. The van der Waals surface area contributed by atoms with Gasteiger partial charge in [0.15, 0.2) is 11.9 Å². The number of hydrogen-bond acceptors (Lipinski definition) is 5. The number of amides is 1. The van der Waals surface area contributed by atoms with Crippen molar-refractivity contribution in [1.82, 2.24) is 4.31 Å². The number of rotatable bonds is 9. The fourth-order valence-electron chi connectivity index (χ4n) is 2.75. The number of ketones is 1. The molecule has 0 radical (unpaired) electrons. The van der Waals surface area contributed by atoms with Crippen LogP contribution in [0.25, 0.3) is 0 Å². The summed E-state index contributed by atoms with van der Waals surface area (Å²) >= 11 is 6.11. The van der Waals surface area contributed by atoms with Crippen molar-refractivity contribution in [2.24, 2.45) is 0 Å². The maximum Gasteiger partial charge on any atom is 0.265 e. The number of hydrogen-bond donors (Lipinski definition) is 1. The van der Waals surface area contributed by atoms with E-state index in [9.17, 15) is 18.0 Å². The second-order valence-corrected chi connectivity index (χ2v) is 8.88. The molecule has 0 saturated heterocycles. The summed E-state index contributed by atoms with van der Waals surface area (Å²) < 4.78 is 32.5. The SMILES string of the molecule is CCN(CC)S(=O)(=O)c1cc(NC(=O)[C@H](C)Oc2ccc(C(C)=O)cc2)ccc1Cl. The summed E-state index contributed by atoms with van der Waals surface area (Å²) in [7, 11) is -3.78. The Bertz CT molecular complexity index is 1020. The van der Waals surface area contributed by atoms with Crippen LogP contribution in [0.3, 0.4) is 0 Å². The van der Waals surface area contributed by atoms with E-state index in [1.54, 1.807) is 45.0 Å². The summed E-state index contributed by atoms with van der Waals surface area (Å²) in [4.78, 5) is 23.8. The number of carbonyl (C=O) groups is 2. The van der Waals surface area contributed by atoms with Crippen molar-refractivity contribution in [3.63, 3.8) is 0 Å². The zero-order valence-electron chi connectivity index (χ0n) is 17.3. The predicted octanol–water partition coefficient (Wildman–Crippen LogP) is 3.98. The Hall–Kier alpha value is -2.42. The normalized spacial score (nSPS) is 12.5. The average Bonchev–Trinajstić information content (AvgIpc) is 2.70. The van der Waals surface area contributed by atoms with E-state index < -0.39 is 22.0 Å². The van der Waals surface area contributed by atoms with Crippen LogP contribution in [-0.2, 0) is 14.8 Å². The Labute approximate surface area is 182 Å². The number of Topliss-reactive ketones (excluding diaryl/α,β-unsaturated/α-hetero) is 1. The standard InChI is InChI=1S/C21H25ClN2O5S/c1-5-24(6-2)30(27,28)20-13-17(9-12-19(20)22)23-21(26)15(4)29-18-10-7-16(8-11-18)14(3)25/h7-13,15H,5-6H2,1-4H3,(H,23,26)/t15-/m0/s1. The molecular weight excluding hydrogens is 428 g/mol. The Morgan fingerprint density at radius 3 is 2.23 bits per heavy atom. The van der Waals surface area contributed by atoms with E-state index in [-0.39, 0.29) is 21.4 Å². The van der Waals surface area contributed by atoms with Gasteiger partial charge in [0.2, 0.25) is 10.0 Å². The van der Waals surface area contributed by atoms with Crippen LogP contribution in [0.15, 0.2) is 47.4 Å². The monoisotopic (exact) mass is 452 g/mol. The van der Waals surface area contributed by atoms with Gasteiger partial charge in [0.1, 0.15) is 10.6 Å². The molecule has 0 heterocycles. The molecule has 0 spiro atoms. The second kappa shape index (κ2) is 10.1. The third kappa shape index (κ3) is 5.59. The lowest BCUT2D eigenvalue weighted by Gasteiger charge is -2.20. The minimum absolute atomic E-state index is 0.0643. The molecule has 0 bridgehead atoms. The molecule has 7 nitrogen and oxygen atoms in total. The van der Waals surface area contributed by atoms with Gasteiger partial charge in [0.05, 0.1) is 5.02 Å². The van der Waals surface area contributed by atoms with Crippen molar-refractivity contribution in [3.05, 3.63) is 53.1 Å². The average molecular weight is 453 g/mol. The summed E-state index contributed by atoms with van der Waals surface area (Å²) in [6, 6.07) is 10.7. The molecule has 0 unspecified atom stereocenters. The van der Waals surface area contributed by atoms with E-state index in [1.807, 2.05) is 0 Å². The lowest BCUT2D eigenvalue weighted by atomic mass is 10.1. The Morgan fingerprint density at radius 1 is 1.10 bits per heavy atom. The molecular formula is C21H25ClN2O5S. The van der Waals surface area contributed by atoms with Crippen LogP contribution < -0.4 is 10.1 Å². The molecule has 2 rings (SSSR count). The predicted molar refractivity (Wildman–Crippen MR) is 117 cm³/mol. The van der Waals surface area contributed by atoms with Gasteiger partial charge in [-0.2, -0.15) is 4.31 Å². The van der Waals surface area contributed by atoms with E-state index in [0.29, 0.717) is 24.4 Å². The van der Waals surface area contributed by atoms with Crippen LogP contribution in [0, 0.1) is 0 Å². The second-order valence-electron chi connectivity index (χ2n) is 6.56. The number of carbonyl (C=O) groups excluding carboxylic acids is 2. The maximum absolute atomic E-state index is 12.8. The molecule has 162 valence electrons. The van der Waals surface area contributed by atoms with Crippen LogP contribution in [0.4, 0.5) is 5.69 Å². The van der Waals surface area contributed by atoms with Crippen molar-refractivity contribution < 1.29 is 22.7 Å². The first kappa shape index (κ1) is 23.9. The Balaban J connectivity index is 2.15. The van der Waals surface area contributed by atoms with Gasteiger partial charge in [-0.15, -0.1) is 0 Å². The van der Waals surface area contributed by atoms with Crippen molar-refractivity contribution in [2.75, 3.05) is 18.4 Å². The Morgan fingerprint density at radius 2 is 1.70 bits per heavy atom. The van der Waals surface area contributed by atoms with Gasteiger partial charge in [0, 0.05) is 24.3 Å². The quantitative estimate of drug-likeness (QED) is 0.581. The van der Waals surface area contributed by atoms with Crippen LogP contribution >= 0.6 is 11.6 Å². The largest absolute Gasteiger partial charge is 0.481 e. The number of nitrogens with zero attached hydrogens (tertiary/aromatic N) is 1. The van der Waals surface area contributed by atoms with Crippen molar-refractivity contribution in [2.45, 2.75) is 38.7 Å². The van der Waals surface area contributed by atoms with E-state index in [0.717, 1.165) is 0 Å². The fourth-order valence-corrected chi connectivity index (χ4v) is 4.71. The zero-order valence-corrected chi connectivity index (χ0v) is 18.9. The highest BCUT2D eigenvalue weighted by Crippen LogP contribution is 2.28. The first-order valence-electron chi connectivity index (χ1n) is 9.48. The van der Waals surface area contributed by atoms with Crippen LogP contribution in [0.2, 0.25) is 5.02 Å². The molecule has 0 aliphatic carbocycles. The first-order chi connectivity index (χ1) is 14.1. The first-order valence-corrected chi connectivity index (χ1v) is 11.3. The highest BCUT2D eigenvalue weighted by molar-refractivity contribution is 7.89. The summed E-state index contributed by atoms with van der Waals surface area (Å²) in [5.74, 6) is -0.0896. The highest BCUT2D eigenvalue weighted by Gasteiger charge is 2.25. The molecule has 0 aliphatic heterocycles. The molecule has 2 aromatic carbocycles. The molecule has 1 amide bonds. The molecule has 0 fully saturated rings. The van der Waals surface area contributed by atoms with Crippen LogP contribution in [0.5, 0.6) is 5.75 Å². The maximum atomic E-state index is 12.8. The Kier molecular flexibility index (Phi) is 8.00. The molecule has 0 aromatic heterocycles. The summed E-state index contributed by atoms with van der Waals surface area (Å²) in [5.41, 5.74) is 0.833. The van der Waals surface area contributed by atoms with Crippen molar-refractivity contribution in [1.29, 1.82) is 0 Å².